The van der Waals surface area contributed by atoms with Gasteiger partial charge in [0.25, 0.3) is 0 Å². The zero-order chi connectivity index (χ0) is 9.10. The van der Waals surface area contributed by atoms with Crippen molar-refractivity contribution in [1.29, 1.82) is 0 Å². The monoisotopic (exact) mass is 173 g/mol. The summed E-state index contributed by atoms with van der Waals surface area (Å²) in [6.07, 6.45) is 0. The molecule has 0 bridgehead atoms. The van der Waals surface area contributed by atoms with Crippen molar-refractivity contribution in [2.24, 2.45) is 0 Å². The molecule has 0 amide bonds. The Morgan fingerprint density at radius 1 is 1.23 bits per heavy atom. The average Bonchev–Trinajstić information content (AvgIpc) is 2.67. The van der Waals surface area contributed by atoms with Crippen LogP contribution in [0.2, 0.25) is 0 Å². The van der Waals surface area contributed by atoms with Crippen molar-refractivity contribution in [3.05, 3.63) is 36.4 Å². The lowest BCUT2D eigenvalue weighted by Crippen LogP contribution is -1.85. The molecule has 0 saturated carbocycles. The SMILES string of the molecule is CNc1cc(-c2ccccc2)[nH]n1. The fourth-order valence-electron chi connectivity index (χ4n) is 1.22. The molecule has 0 aliphatic rings. The first-order chi connectivity index (χ1) is 6.40. The van der Waals surface area contributed by atoms with E-state index in [1.54, 1.807) is 0 Å². The van der Waals surface area contributed by atoms with Crippen LogP contribution in [0.4, 0.5) is 5.82 Å². The minimum Gasteiger partial charge on any atom is -0.372 e. The summed E-state index contributed by atoms with van der Waals surface area (Å²) < 4.78 is 0. The molecule has 2 aromatic rings. The topological polar surface area (TPSA) is 40.7 Å². The molecular weight excluding hydrogens is 162 g/mol. The quantitative estimate of drug-likeness (QED) is 0.730. The maximum absolute atomic E-state index is 4.07. The zero-order valence-electron chi connectivity index (χ0n) is 7.41. The molecule has 0 radical (unpaired) electrons. The van der Waals surface area contributed by atoms with E-state index in [2.05, 4.69) is 15.5 Å². The Bertz CT molecular complexity index is 378. The molecule has 1 aromatic heterocycles. The molecule has 3 nitrogen and oxygen atoms in total. The lowest BCUT2D eigenvalue weighted by atomic mass is 10.2. The minimum absolute atomic E-state index is 0.860. The van der Waals surface area contributed by atoms with E-state index in [-0.39, 0.29) is 0 Å². The molecule has 0 aliphatic heterocycles. The molecule has 0 aliphatic carbocycles. The number of nitrogens with zero attached hydrogens (tertiary/aromatic N) is 1. The fourth-order valence-corrected chi connectivity index (χ4v) is 1.22. The van der Waals surface area contributed by atoms with Crippen LogP contribution in [0, 0.1) is 0 Å². The first-order valence-corrected chi connectivity index (χ1v) is 4.19. The van der Waals surface area contributed by atoms with E-state index in [9.17, 15) is 0 Å². The fraction of sp³-hybridized carbons (Fsp3) is 0.100. The number of H-pyrrole nitrogens is 1. The zero-order valence-corrected chi connectivity index (χ0v) is 7.41. The molecule has 66 valence electrons. The van der Waals surface area contributed by atoms with Gasteiger partial charge in [-0.3, -0.25) is 5.10 Å². The van der Waals surface area contributed by atoms with Gasteiger partial charge in [-0.25, -0.2) is 0 Å². The Morgan fingerprint density at radius 2 is 2.00 bits per heavy atom. The number of aromatic amines is 1. The van der Waals surface area contributed by atoms with Crippen molar-refractivity contribution >= 4 is 5.82 Å². The summed E-state index contributed by atoms with van der Waals surface area (Å²) in [6, 6.07) is 12.1. The molecule has 3 heteroatoms. The van der Waals surface area contributed by atoms with Gasteiger partial charge in [0.05, 0.1) is 5.69 Å². The van der Waals surface area contributed by atoms with Crippen molar-refractivity contribution in [2.45, 2.75) is 0 Å². The summed E-state index contributed by atoms with van der Waals surface area (Å²) in [6.45, 7) is 0. The molecule has 13 heavy (non-hydrogen) atoms. The van der Waals surface area contributed by atoms with Crippen LogP contribution in [0.1, 0.15) is 0 Å². The Labute approximate surface area is 76.8 Å². The first-order valence-electron chi connectivity index (χ1n) is 4.19. The first kappa shape index (κ1) is 7.86. The van der Waals surface area contributed by atoms with E-state index < -0.39 is 0 Å². The summed E-state index contributed by atoms with van der Waals surface area (Å²) in [5, 5.41) is 10.0. The summed E-state index contributed by atoms with van der Waals surface area (Å²) >= 11 is 0. The second-order valence-electron chi connectivity index (χ2n) is 2.78. The Hall–Kier alpha value is -1.77. The van der Waals surface area contributed by atoms with Gasteiger partial charge < -0.3 is 5.32 Å². The average molecular weight is 173 g/mol. The van der Waals surface area contributed by atoms with Gasteiger partial charge in [-0.2, -0.15) is 5.10 Å². The third-order valence-corrected chi connectivity index (χ3v) is 1.92. The van der Waals surface area contributed by atoms with Crippen LogP contribution in [0.25, 0.3) is 11.3 Å². The van der Waals surface area contributed by atoms with E-state index in [4.69, 9.17) is 0 Å². The van der Waals surface area contributed by atoms with Gasteiger partial charge in [-0.15, -0.1) is 0 Å². The lowest BCUT2D eigenvalue weighted by molar-refractivity contribution is 1.09. The maximum atomic E-state index is 4.07. The number of hydrogen-bond acceptors (Lipinski definition) is 2. The number of rotatable bonds is 2. The van der Waals surface area contributed by atoms with Crippen LogP contribution >= 0.6 is 0 Å². The van der Waals surface area contributed by atoms with Crippen molar-refractivity contribution in [1.82, 2.24) is 10.2 Å². The number of nitrogens with one attached hydrogen (secondary N) is 2. The largest absolute Gasteiger partial charge is 0.372 e. The van der Waals surface area contributed by atoms with Gasteiger partial charge in [0.1, 0.15) is 5.82 Å². The van der Waals surface area contributed by atoms with Gasteiger partial charge >= 0.3 is 0 Å². The molecule has 1 heterocycles. The highest BCUT2D eigenvalue weighted by molar-refractivity contribution is 5.62. The minimum atomic E-state index is 0.860. The normalized spacial score (nSPS) is 9.92. The summed E-state index contributed by atoms with van der Waals surface area (Å²) in [4.78, 5) is 0. The van der Waals surface area contributed by atoms with E-state index in [1.165, 1.54) is 0 Å². The highest BCUT2D eigenvalue weighted by Crippen LogP contribution is 2.18. The van der Waals surface area contributed by atoms with E-state index >= 15 is 0 Å². The second kappa shape index (κ2) is 3.31. The van der Waals surface area contributed by atoms with E-state index in [0.29, 0.717) is 0 Å². The second-order valence-corrected chi connectivity index (χ2v) is 2.78. The molecule has 0 saturated heterocycles. The highest BCUT2D eigenvalue weighted by Gasteiger charge is 1.99. The third kappa shape index (κ3) is 1.54. The Balaban J connectivity index is 2.36. The van der Waals surface area contributed by atoms with Crippen molar-refractivity contribution in [3.8, 4) is 11.3 Å². The molecule has 1 aromatic carbocycles. The maximum Gasteiger partial charge on any atom is 0.148 e. The van der Waals surface area contributed by atoms with E-state index in [1.807, 2.05) is 43.4 Å². The number of anilines is 1. The summed E-state index contributed by atoms with van der Waals surface area (Å²) in [5.74, 6) is 0.860. The van der Waals surface area contributed by atoms with Gasteiger partial charge in [0, 0.05) is 13.1 Å². The van der Waals surface area contributed by atoms with Crippen LogP contribution in [-0.2, 0) is 0 Å². The lowest BCUT2D eigenvalue weighted by Gasteiger charge is -1.93. The third-order valence-electron chi connectivity index (χ3n) is 1.92. The number of hydrogen-bond donors (Lipinski definition) is 2. The highest BCUT2D eigenvalue weighted by atomic mass is 15.2. The summed E-state index contributed by atoms with van der Waals surface area (Å²) in [7, 11) is 1.85. The molecule has 0 fully saturated rings. The molecule has 0 spiro atoms. The van der Waals surface area contributed by atoms with Crippen LogP contribution in [0.3, 0.4) is 0 Å². The standard InChI is InChI=1S/C10H11N3/c1-11-10-7-9(12-13-10)8-5-3-2-4-6-8/h2-7H,1H3,(H2,11,12,13). The molecule has 2 rings (SSSR count). The Kier molecular flexibility index (Phi) is 2.00. The van der Waals surface area contributed by atoms with Crippen LogP contribution in [-0.4, -0.2) is 17.2 Å². The predicted molar refractivity (Wildman–Crippen MR) is 53.6 cm³/mol. The molecule has 0 atom stereocenters. The van der Waals surface area contributed by atoms with Gasteiger partial charge in [0.15, 0.2) is 0 Å². The molecule has 2 N–H and O–H groups in total. The Morgan fingerprint density at radius 3 is 2.62 bits per heavy atom. The summed E-state index contributed by atoms with van der Waals surface area (Å²) in [5.41, 5.74) is 2.18. The van der Waals surface area contributed by atoms with Crippen LogP contribution < -0.4 is 5.32 Å². The van der Waals surface area contributed by atoms with Crippen molar-refractivity contribution in [2.75, 3.05) is 12.4 Å². The van der Waals surface area contributed by atoms with Crippen molar-refractivity contribution in [3.63, 3.8) is 0 Å². The van der Waals surface area contributed by atoms with E-state index in [0.717, 1.165) is 17.1 Å². The van der Waals surface area contributed by atoms with Crippen molar-refractivity contribution < 1.29 is 0 Å². The molecule has 0 unspecified atom stereocenters. The smallest absolute Gasteiger partial charge is 0.148 e. The van der Waals surface area contributed by atoms with Crippen LogP contribution in [0.15, 0.2) is 36.4 Å². The molecular formula is C10H11N3. The van der Waals surface area contributed by atoms with Crippen LogP contribution in [0.5, 0.6) is 0 Å². The number of benzene rings is 1. The predicted octanol–water partition coefficient (Wildman–Crippen LogP) is 2.12. The number of aromatic nitrogens is 2. The van der Waals surface area contributed by atoms with Gasteiger partial charge in [-0.05, 0) is 5.56 Å². The van der Waals surface area contributed by atoms with Gasteiger partial charge in [0.2, 0.25) is 0 Å². The van der Waals surface area contributed by atoms with Gasteiger partial charge in [-0.1, -0.05) is 30.3 Å².